The molecule has 2 saturated carbocycles. The molecule has 4 rings (SSSR count). The number of benzene rings is 1. The van der Waals surface area contributed by atoms with Crippen molar-refractivity contribution in [3.63, 3.8) is 0 Å². The number of halogens is 2. The lowest BCUT2D eigenvalue weighted by atomic mass is 9.65. The fraction of sp³-hybridized carbons (Fsp3) is 0.727. The van der Waals surface area contributed by atoms with Gasteiger partial charge < -0.3 is 4.74 Å². The molecular formula is C22H30F2O. The molecular weight excluding hydrogens is 318 g/mol. The SMILES string of the molecule is COC1CCC2CC(c3c(F)cc4c(c3F)CCC(C)C4)CCC2C1. The molecule has 0 aromatic heterocycles. The van der Waals surface area contributed by atoms with Crippen molar-refractivity contribution in [2.24, 2.45) is 17.8 Å². The summed E-state index contributed by atoms with van der Waals surface area (Å²) in [6.07, 6.45) is 9.30. The number of ether oxygens (including phenoxy) is 1. The van der Waals surface area contributed by atoms with Crippen LogP contribution in [0.25, 0.3) is 0 Å². The van der Waals surface area contributed by atoms with E-state index in [1.165, 1.54) is 0 Å². The third-order valence-electron chi connectivity index (χ3n) is 7.21. The summed E-state index contributed by atoms with van der Waals surface area (Å²) in [5.41, 5.74) is 2.12. The van der Waals surface area contributed by atoms with Crippen molar-refractivity contribution in [2.45, 2.75) is 76.7 Å². The van der Waals surface area contributed by atoms with E-state index in [2.05, 4.69) is 6.92 Å². The molecule has 1 nitrogen and oxygen atoms in total. The van der Waals surface area contributed by atoms with E-state index in [0.29, 0.717) is 29.4 Å². The van der Waals surface area contributed by atoms with Crippen molar-refractivity contribution < 1.29 is 13.5 Å². The molecule has 0 heterocycles. The third-order valence-corrected chi connectivity index (χ3v) is 7.21. The summed E-state index contributed by atoms with van der Waals surface area (Å²) in [5.74, 6) is 1.38. The zero-order valence-corrected chi connectivity index (χ0v) is 15.5. The average Bonchev–Trinajstić information content (AvgIpc) is 2.60. The van der Waals surface area contributed by atoms with Gasteiger partial charge in [0, 0.05) is 12.7 Å². The summed E-state index contributed by atoms with van der Waals surface area (Å²) in [7, 11) is 1.80. The number of methoxy groups -OCH3 is 1. The van der Waals surface area contributed by atoms with Crippen molar-refractivity contribution in [1.82, 2.24) is 0 Å². The van der Waals surface area contributed by atoms with Gasteiger partial charge in [-0.2, -0.15) is 0 Å². The maximum atomic E-state index is 15.2. The first-order valence-corrected chi connectivity index (χ1v) is 10.1. The average molecular weight is 348 g/mol. The van der Waals surface area contributed by atoms with E-state index in [0.717, 1.165) is 68.9 Å². The minimum Gasteiger partial charge on any atom is -0.381 e. The highest BCUT2D eigenvalue weighted by Crippen LogP contribution is 2.48. The highest BCUT2D eigenvalue weighted by molar-refractivity contribution is 5.39. The van der Waals surface area contributed by atoms with Gasteiger partial charge in [-0.15, -0.1) is 0 Å². The van der Waals surface area contributed by atoms with Crippen LogP contribution in [-0.4, -0.2) is 13.2 Å². The Morgan fingerprint density at radius 3 is 2.56 bits per heavy atom. The lowest BCUT2D eigenvalue weighted by molar-refractivity contribution is 0.0119. The van der Waals surface area contributed by atoms with Crippen molar-refractivity contribution >= 4 is 0 Å². The van der Waals surface area contributed by atoms with Gasteiger partial charge in [-0.3, -0.25) is 0 Å². The van der Waals surface area contributed by atoms with Gasteiger partial charge in [0.25, 0.3) is 0 Å². The molecule has 1 aromatic rings. The Morgan fingerprint density at radius 2 is 1.76 bits per heavy atom. The Hall–Kier alpha value is -0.960. The van der Waals surface area contributed by atoms with Crippen molar-refractivity contribution in [3.8, 4) is 0 Å². The zero-order chi connectivity index (χ0) is 17.6. The normalized spacial score (nSPS) is 35.1. The number of fused-ring (bicyclic) bond motifs is 2. The van der Waals surface area contributed by atoms with Crippen LogP contribution in [0.4, 0.5) is 8.78 Å². The minimum absolute atomic E-state index is 0.0602. The third kappa shape index (κ3) is 3.25. The lowest BCUT2D eigenvalue weighted by Gasteiger charge is -2.42. The lowest BCUT2D eigenvalue weighted by Crippen LogP contribution is -2.33. The largest absolute Gasteiger partial charge is 0.381 e. The van der Waals surface area contributed by atoms with Gasteiger partial charge in [-0.05, 0) is 98.7 Å². The second-order valence-electron chi connectivity index (χ2n) is 8.77. The van der Waals surface area contributed by atoms with Gasteiger partial charge in [-0.25, -0.2) is 8.78 Å². The van der Waals surface area contributed by atoms with Crippen LogP contribution in [0.1, 0.15) is 74.5 Å². The standard InChI is InChI=1S/C22H30F2O/c1-13-3-8-19-17(9-13)12-20(23)21(22(19)24)16-5-4-15-11-18(25-2)7-6-14(15)10-16/h12-16,18H,3-11H2,1-2H3. The molecule has 5 atom stereocenters. The first-order chi connectivity index (χ1) is 12.1. The highest BCUT2D eigenvalue weighted by Gasteiger charge is 2.38. The molecule has 0 saturated heterocycles. The summed E-state index contributed by atoms with van der Waals surface area (Å²) in [6, 6.07) is 1.65. The van der Waals surface area contributed by atoms with E-state index in [4.69, 9.17) is 4.74 Å². The van der Waals surface area contributed by atoms with Crippen LogP contribution in [0.2, 0.25) is 0 Å². The van der Waals surface area contributed by atoms with Gasteiger partial charge >= 0.3 is 0 Å². The maximum Gasteiger partial charge on any atom is 0.133 e. The Kier molecular flexibility index (Phi) is 4.87. The van der Waals surface area contributed by atoms with Crippen LogP contribution in [-0.2, 0) is 17.6 Å². The molecule has 25 heavy (non-hydrogen) atoms. The predicted molar refractivity (Wildman–Crippen MR) is 95.8 cm³/mol. The van der Waals surface area contributed by atoms with Crippen LogP contribution in [0.5, 0.6) is 0 Å². The highest BCUT2D eigenvalue weighted by atomic mass is 19.1. The molecule has 3 aliphatic rings. The summed E-state index contributed by atoms with van der Waals surface area (Å²) < 4.78 is 35.6. The molecule has 0 spiro atoms. The van der Waals surface area contributed by atoms with Crippen LogP contribution in [0, 0.1) is 29.4 Å². The van der Waals surface area contributed by atoms with Gasteiger partial charge in [0.1, 0.15) is 11.6 Å². The van der Waals surface area contributed by atoms with Crippen LogP contribution >= 0.6 is 0 Å². The first kappa shape index (κ1) is 17.5. The van der Waals surface area contributed by atoms with E-state index in [1.807, 2.05) is 0 Å². The fourth-order valence-corrected chi connectivity index (χ4v) is 5.74. The molecule has 0 amide bonds. The van der Waals surface area contributed by atoms with Crippen molar-refractivity contribution in [3.05, 3.63) is 34.4 Å². The van der Waals surface area contributed by atoms with Crippen molar-refractivity contribution in [1.29, 1.82) is 0 Å². The number of rotatable bonds is 2. The molecule has 0 N–H and O–H groups in total. The monoisotopic (exact) mass is 348 g/mol. The summed E-state index contributed by atoms with van der Waals surface area (Å²) in [4.78, 5) is 0. The molecule has 0 bridgehead atoms. The summed E-state index contributed by atoms with van der Waals surface area (Å²) in [6.45, 7) is 2.17. The van der Waals surface area contributed by atoms with Gasteiger partial charge in [0.2, 0.25) is 0 Å². The topological polar surface area (TPSA) is 9.23 Å². The molecule has 3 aliphatic carbocycles. The van der Waals surface area contributed by atoms with E-state index in [-0.39, 0.29) is 17.6 Å². The Bertz CT molecular complexity index is 641. The number of hydrogen-bond donors (Lipinski definition) is 0. The Morgan fingerprint density at radius 1 is 1.00 bits per heavy atom. The Balaban J connectivity index is 1.57. The summed E-state index contributed by atoms with van der Waals surface area (Å²) >= 11 is 0. The van der Waals surface area contributed by atoms with E-state index >= 15 is 4.39 Å². The second kappa shape index (κ2) is 6.98. The quantitative estimate of drug-likeness (QED) is 0.657. The smallest absolute Gasteiger partial charge is 0.133 e. The predicted octanol–water partition coefficient (Wildman–Crippen LogP) is 5.79. The first-order valence-electron chi connectivity index (χ1n) is 10.1. The van der Waals surface area contributed by atoms with Gasteiger partial charge in [0.15, 0.2) is 0 Å². The van der Waals surface area contributed by atoms with E-state index < -0.39 is 0 Å². The minimum atomic E-state index is -0.292. The van der Waals surface area contributed by atoms with Gasteiger partial charge in [-0.1, -0.05) is 6.92 Å². The van der Waals surface area contributed by atoms with Crippen molar-refractivity contribution in [2.75, 3.05) is 7.11 Å². The van der Waals surface area contributed by atoms with Crippen LogP contribution in [0.15, 0.2) is 6.07 Å². The van der Waals surface area contributed by atoms with Crippen LogP contribution < -0.4 is 0 Å². The fourth-order valence-electron chi connectivity index (χ4n) is 5.74. The maximum absolute atomic E-state index is 15.2. The molecule has 138 valence electrons. The van der Waals surface area contributed by atoms with Gasteiger partial charge in [0.05, 0.1) is 6.10 Å². The molecule has 0 aliphatic heterocycles. The number of hydrogen-bond acceptors (Lipinski definition) is 1. The Labute approximate surface area is 150 Å². The summed E-state index contributed by atoms with van der Waals surface area (Å²) in [5, 5.41) is 0. The van der Waals surface area contributed by atoms with E-state index in [9.17, 15) is 4.39 Å². The molecule has 5 unspecified atom stereocenters. The molecule has 1 aromatic carbocycles. The molecule has 2 fully saturated rings. The zero-order valence-electron chi connectivity index (χ0n) is 15.5. The molecule has 3 heteroatoms. The molecule has 0 radical (unpaired) electrons. The van der Waals surface area contributed by atoms with E-state index in [1.54, 1.807) is 13.2 Å². The van der Waals surface area contributed by atoms with Crippen LogP contribution in [0.3, 0.4) is 0 Å². The second-order valence-corrected chi connectivity index (χ2v) is 8.77.